The van der Waals surface area contributed by atoms with Gasteiger partial charge in [0, 0.05) is 25.4 Å². The Morgan fingerprint density at radius 3 is 1.74 bits per heavy atom. The SMILES string of the molecule is O=C(CC(c1ccc(F)cc1)c1ccc(F)cc1)NCC1CCN(C(c2ccccc2)c2ccc(F)cc2)C1. The minimum absolute atomic E-state index is 0.00818. The Morgan fingerprint density at radius 2 is 1.21 bits per heavy atom. The fraction of sp³-hybridized carbons (Fsp3) is 0.242. The molecule has 1 saturated heterocycles. The van der Waals surface area contributed by atoms with Crippen LogP contribution in [0.25, 0.3) is 0 Å². The summed E-state index contributed by atoms with van der Waals surface area (Å²) in [5, 5.41) is 3.10. The molecule has 1 N–H and O–H groups in total. The van der Waals surface area contributed by atoms with E-state index in [2.05, 4.69) is 22.3 Å². The van der Waals surface area contributed by atoms with Crippen LogP contribution in [0.1, 0.15) is 47.1 Å². The Hall–Kier alpha value is -3.90. The van der Waals surface area contributed by atoms with Gasteiger partial charge in [-0.25, -0.2) is 13.2 Å². The number of benzene rings is 4. The van der Waals surface area contributed by atoms with E-state index in [1.165, 1.54) is 36.4 Å². The second kappa shape index (κ2) is 12.3. The predicted molar refractivity (Wildman–Crippen MR) is 147 cm³/mol. The molecular weight excluding hydrogens is 497 g/mol. The number of amides is 1. The lowest BCUT2D eigenvalue weighted by molar-refractivity contribution is -0.121. The highest BCUT2D eigenvalue weighted by Gasteiger charge is 2.30. The largest absolute Gasteiger partial charge is 0.356 e. The van der Waals surface area contributed by atoms with Gasteiger partial charge in [-0.3, -0.25) is 9.69 Å². The molecule has 0 bridgehead atoms. The molecule has 1 aliphatic heterocycles. The fourth-order valence-corrected chi connectivity index (χ4v) is 5.49. The molecule has 2 unspecified atom stereocenters. The van der Waals surface area contributed by atoms with Crippen LogP contribution < -0.4 is 5.32 Å². The van der Waals surface area contributed by atoms with Crippen molar-refractivity contribution in [2.45, 2.75) is 24.8 Å². The van der Waals surface area contributed by atoms with Gasteiger partial charge in [-0.1, -0.05) is 66.7 Å². The van der Waals surface area contributed by atoms with Crippen LogP contribution in [0.3, 0.4) is 0 Å². The Labute approximate surface area is 227 Å². The van der Waals surface area contributed by atoms with Crippen LogP contribution in [0.5, 0.6) is 0 Å². The van der Waals surface area contributed by atoms with Gasteiger partial charge in [-0.2, -0.15) is 0 Å². The first-order valence-corrected chi connectivity index (χ1v) is 13.3. The number of halogens is 3. The van der Waals surface area contributed by atoms with Crippen LogP contribution in [0.4, 0.5) is 13.2 Å². The summed E-state index contributed by atoms with van der Waals surface area (Å²) in [6.07, 6.45) is 1.11. The first-order valence-electron chi connectivity index (χ1n) is 13.3. The third-order valence-electron chi connectivity index (χ3n) is 7.51. The van der Waals surface area contributed by atoms with Crippen LogP contribution in [-0.4, -0.2) is 30.4 Å². The first-order chi connectivity index (χ1) is 19.0. The lowest BCUT2D eigenvalue weighted by Crippen LogP contribution is -2.33. The molecule has 1 heterocycles. The van der Waals surface area contributed by atoms with E-state index in [-0.39, 0.29) is 47.7 Å². The second-order valence-corrected chi connectivity index (χ2v) is 10.2. The minimum Gasteiger partial charge on any atom is -0.356 e. The highest BCUT2D eigenvalue weighted by molar-refractivity contribution is 5.77. The third kappa shape index (κ3) is 6.76. The minimum atomic E-state index is -0.346. The summed E-state index contributed by atoms with van der Waals surface area (Å²) in [5.41, 5.74) is 3.79. The van der Waals surface area contributed by atoms with Crippen molar-refractivity contribution in [3.05, 3.63) is 143 Å². The third-order valence-corrected chi connectivity index (χ3v) is 7.51. The molecule has 200 valence electrons. The van der Waals surface area contributed by atoms with Crippen molar-refractivity contribution in [1.29, 1.82) is 0 Å². The Morgan fingerprint density at radius 1 is 0.718 bits per heavy atom. The van der Waals surface area contributed by atoms with E-state index in [1.807, 2.05) is 30.3 Å². The monoisotopic (exact) mass is 528 g/mol. The molecule has 0 saturated carbocycles. The molecule has 39 heavy (non-hydrogen) atoms. The maximum atomic E-state index is 13.6. The Balaban J connectivity index is 1.24. The average molecular weight is 529 g/mol. The van der Waals surface area contributed by atoms with Gasteiger partial charge in [0.15, 0.2) is 0 Å². The normalized spacial score (nSPS) is 16.4. The molecular formula is C33H31F3N2O. The van der Waals surface area contributed by atoms with Gasteiger partial charge >= 0.3 is 0 Å². The van der Waals surface area contributed by atoms with Gasteiger partial charge in [-0.05, 0) is 77.5 Å². The zero-order valence-electron chi connectivity index (χ0n) is 21.6. The lowest BCUT2D eigenvalue weighted by Gasteiger charge is -2.29. The molecule has 1 fully saturated rings. The molecule has 1 amide bonds. The van der Waals surface area contributed by atoms with Gasteiger partial charge in [0.25, 0.3) is 0 Å². The molecule has 0 radical (unpaired) electrons. The van der Waals surface area contributed by atoms with Crippen LogP contribution in [0, 0.1) is 23.4 Å². The second-order valence-electron chi connectivity index (χ2n) is 10.2. The van der Waals surface area contributed by atoms with Crippen molar-refractivity contribution in [3.8, 4) is 0 Å². The molecule has 4 aromatic carbocycles. The molecule has 5 rings (SSSR count). The molecule has 4 aromatic rings. The molecule has 3 nitrogen and oxygen atoms in total. The summed E-state index contributed by atoms with van der Waals surface area (Å²) >= 11 is 0. The number of nitrogens with one attached hydrogen (secondary N) is 1. The van der Waals surface area contributed by atoms with Crippen molar-refractivity contribution in [1.82, 2.24) is 10.2 Å². The summed E-state index contributed by atoms with van der Waals surface area (Å²) in [4.78, 5) is 15.5. The van der Waals surface area contributed by atoms with E-state index in [1.54, 1.807) is 24.3 Å². The van der Waals surface area contributed by atoms with Crippen molar-refractivity contribution < 1.29 is 18.0 Å². The van der Waals surface area contributed by atoms with E-state index in [9.17, 15) is 18.0 Å². The number of nitrogens with zero attached hydrogens (tertiary/aromatic N) is 1. The summed E-state index contributed by atoms with van der Waals surface area (Å²) in [6, 6.07) is 29.1. The topological polar surface area (TPSA) is 32.3 Å². The maximum Gasteiger partial charge on any atom is 0.220 e. The smallest absolute Gasteiger partial charge is 0.220 e. The maximum absolute atomic E-state index is 13.6. The zero-order chi connectivity index (χ0) is 27.2. The van der Waals surface area contributed by atoms with Crippen LogP contribution in [-0.2, 0) is 4.79 Å². The quantitative estimate of drug-likeness (QED) is 0.258. The van der Waals surface area contributed by atoms with Gasteiger partial charge in [0.2, 0.25) is 5.91 Å². The average Bonchev–Trinajstić information content (AvgIpc) is 3.42. The van der Waals surface area contributed by atoms with Gasteiger partial charge < -0.3 is 5.32 Å². The molecule has 2 atom stereocenters. The molecule has 1 aliphatic rings. The van der Waals surface area contributed by atoms with E-state index >= 15 is 0 Å². The standard InChI is InChI=1S/C33H31F3N2O/c34-28-12-6-24(7-13-28)31(25-8-14-29(35)15-9-25)20-32(39)37-21-23-18-19-38(22-23)33(26-4-2-1-3-5-26)27-10-16-30(36)17-11-27/h1-17,23,31,33H,18-22H2,(H,37,39). The summed E-state index contributed by atoms with van der Waals surface area (Å²) in [7, 11) is 0. The number of carbonyl (C=O) groups excluding carboxylic acids is 1. The predicted octanol–water partition coefficient (Wildman–Crippen LogP) is 6.85. The lowest BCUT2D eigenvalue weighted by atomic mass is 9.88. The number of carbonyl (C=O) groups is 1. The fourth-order valence-electron chi connectivity index (χ4n) is 5.49. The Bertz CT molecular complexity index is 1310. The molecule has 0 spiro atoms. The summed E-state index contributed by atoms with van der Waals surface area (Å²) < 4.78 is 40.7. The molecule has 6 heteroatoms. The zero-order valence-corrected chi connectivity index (χ0v) is 21.6. The van der Waals surface area contributed by atoms with E-state index in [4.69, 9.17) is 0 Å². The van der Waals surface area contributed by atoms with Crippen LogP contribution in [0.15, 0.2) is 103 Å². The van der Waals surface area contributed by atoms with Crippen molar-refractivity contribution >= 4 is 5.91 Å². The van der Waals surface area contributed by atoms with Crippen molar-refractivity contribution in [2.75, 3.05) is 19.6 Å². The van der Waals surface area contributed by atoms with Gasteiger partial charge in [0.1, 0.15) is 17.5 Å². The van der Waals surface area contributed by atoms with E-state index in [0.717, 1.165) is 41.8 Å². The number of hydrogen-bond donors (Lipinski definition) is 1. The highest BCUT2D eigenvalue weighted by atomic mass is 19.1. The Kier molecular flexibility index (Phi) is 8.42. The van der Waals surface area contributed by atoms with Crippen LogP contribution >= 0.6 is 0 Å². The number of rotatable bonds is 9. The molecule has 0 aliphatic carbocycles. The first kappa shape index (κ1) is 26.7. The highest BCUT2D eigenvalue weighted by Crippen LogP contribution is 2.33. The molecule has 0 aromatic heterocycles. The van der Waals surface area contributed by atoms with Crippen LogP contribution in [0.2, 0.25) is 0 Å². The number of hydrogen-bond acceptors (Lipinski definition) is 2. The summed E-state index contributed by atoms with van der Waals surface area (Å²) in [6.45, 7) is 2.21. The van der Waals surface area contributed by atoms with E-state index < -0.39 is 0 Å². The summed E-state index contributed by atoms with van der Waals surface area (Å²) in [5.74, 6) is -1.09. The van der Waals surface area contributed by atoms with E-state index in [0.29, 0.717) is 6.54 Å². The van der Waals surface area contributed by atoms with Crippen molar-refractivity contribution in [2.24, 2.45) is 5.92 Å². The number of likely N-dealkylation sites (tertiary alicyclic amines) is 1. The van der Waals surface area contributed by atoms with Gasteiger partial charge in [-0.15, -0.1) is 0 Å². The van der Waals surface area contributed by atoms with Crippen molar-refractivity contribution in [3.63, 3.8) is 0 Å². The van der Waals surface area contributed by atoms with Gasteiger partial charge in [0.05, 0.1) is 6.04 Å².